The lowest BCUT2D eigenvalue weighted by Crippen LogP contribution is -2.45. The molecule has 1 atom stereocenters. The van der Waals surface area contributed by atoms with E-state index in [2.05, 4.69) is 4.90 Å². The molecule has 2 aliphatic rings. The number of carbonyl (C=O) groups excluding carboxylic acids is 2. The monoisotopic (exact) mass is 545 g/mol. The van der Waals surface area contributed by atoms with E-state index in [1.165, 1.54) is 29.1 Å². The van der Waals surface area contributed by atoms with E-state index in [1.54, 1.807) is 27.2 Å². The van der Waals surface area contributed by atoms with Gasteiger partial charge >= 0.3 is 6.18 Å². The maximum Gasteiger partial charge on any atom is 0.416 e. The Labute approximate surface area is 222 Å². The highest BCUT2D eigenvalue weighted by Gasteiger charge is 2.33. The first kappa shape index (κ1) is 26.4. The molecule has 1 saturated heterocycles. The molecule has 0 saturated carbocycles. The van der Waals surface area contributed by atoms with Gasteiger partial charge in [-0.05, 0) is 71.8 Å². The molecule has 5 nitrogen and oxygen atoms in total. The fourth-order valence-electron chi connectivity index (χ4n) is 5.23. The van der Waals surface area contributed by atoms with E-state index < -0.39 is 11.7 Å². The first-order valence-electron chi connectivity index (χ1n) is 12.5. The van der Waals surface area contributed by atoms with E-state index in [9.17, 15) is 27.2 Å². The summed E-state index contributed by atoms with van der Waals surface area (Å²) in [5, 5.41) is 2.03. The van der Waals surface area contributed by atoms with Gasteiger partial charge in [0.1, 0.15) is 5.82 Å². The molecule has 0 aliphatic carbocycles. The Morgan fingerprint density at radius 1 is 0.921 bits per heavy atom. The Balaban J connectivity index is 1.25. The maximum absolute atomic E-state index is 14.1. The predicted molar refractivity (Wildman–Crippen MR) is 136 cm³/mol. The van der Waals surface area contributed by atoms with Gasteiger partial charge in [0.25, 0.3) is 5.91 Å². The average molecular weight is 546 g/mol. The summed E-state index contributed by atoms with van der Waals surface area (Å²) in [6.07, 6.45) is -3.07. The molecule has 1 fully saturated rings. The molecule has 10 heteroatoms. The Bertz CT molecular complexity index is 1310. The number of benzene rings is 2. The van der Waals surface area contributed by atoms with Gasteiger partial charge in [0.15, 0.2) is 0 Å². The third-order valence-corrected chi connectivity index (χ3v) is 8.16. The highest BCUT2D eigenvalue weighted by atomic mass is 32.1. The topological polar surface area (TPSA) is 43.9 Å². The Morgan fingerprint density at radius 2 is 1.66 bits per heavy atom. The van der Waals surface area contributed by atoms with Crippen LogP contribution in [0.4, 0.5) is 17.6 Å². The van der Waals surface area contributed by atoms with Crippen molar-refractivity contribution in [1.29, 1.82) is 0 Å². The normalized spacial score (nSPS) is 18.7. The highest BCUT2D eigenvalue weighted by molar-refractivity contribution is 7.10. The number of halogens is 4. The molecule has 38 heavy (non-hydrogen) atoms. The van der Waals surface area contributed by atoms with E-state index in [0.717, 1.165) is 29.7 Å². The van der Waals surface area contributed by atoms with Crippen molar-refractivity contribution < 1.29 is 27.2 Å². The fraction of sp³-hybridized carbons (Fsp3) is 0.357. The van der Waals surface area contributed by atoms with Crippen molar-refractivity contribution in [2.24, 2.45) is 0 Å². The third kappa shape index (κ3) is 5.61. The molecule has 5 rings (SSSR count). The van der Waals surface area contributed by atoms with Crippen LogP contribution in [-0.4, -0.2) is 65.8 Å². The molecule has 0 spiro atoms. The van der Waals surface area contributed by atoms with Gasteiger partial charge in [0.2, 0.25) is 5.91 Å². The van der Waals surface area contributed by atoms with Gasteiger partial charge in [0, 0.05) is 43.2 Å². The second-order valence-electron chi connectivity index (χ2n) is 9.58. The molecular weight excluding hydrogens is 518 g/mol. The van der Waals surface area contributed by atoms with Crippen LogP contribution in [0, 0.1) is 5.82 Å². The van der Waals surface area contributed by atoms with Crippen molar-refractivity contribution in [1.82, 2.24) is 14.7 Å². The van der Waals surface area contributed by atoms with E-state index in [-0.39, 0.29) is 35.8 Å². The maximum atomic E-state index is 14.1. The first-order valence-corrected chi connectivity index (χ1v) is 13.4. The van der Waals surface area contributed by atoms with Gasteiger partial charge in [-0.15, -0.1) is 11.3 Å². The van der Waals surface area contributed by atoms with Crippen molar-refractivity contribution >= 4 is 23.2 Å². The van der Waals surface area contributed by atoms with Crippen LogP contribution in [-0.2, 0) is 17.4 Å². The zero-order valence-corrected chi connectivity index (χ0v) is 21.4. The summed E-state index contributed by atoms with van der Waals surface area (Å²) in [4.78, 5) is 33.0. The average Bonchev–Trinajstić information content (AvgIpc) is 3.23. The van der Waals surface area contributed by atoms with Gasteiger partial charge < -0.3 is 9.80 Å². The minimum absolute atomic E-state index is 0.0612. The van der Waals surface area contributed by atoms with Crippen LogP contribution < -0.4 is 0 Å². The predicted octanol–water partition coefficient (Wildman–Crippen LogP) is 5.23. The summed E-state index contributed by atoms with van der Waals surface area (Å²) >= 11 is 1.67. The quantitative estimate of drug-likeness (QED) is 0.422. The van der Waals surface area contributed by atoms with Crippen LogP contribution >= 0.6 is 11.3 Å². The number of alkyl halides is 3. The Morgan fingerprint density at radius 3 is 2.39 bits per heavy atom. The Hall–Kier alpha value is -3.24. The second kappa shape index (κ2) is 10.9. The van der Waals surface area contributed by atoms with Crippen molar-refractivity contribution in [2.75, 3.05) is 39.3 Å². The number of fused-ring (bicyclic) bond motifs is 1. The van der Waals surface area contributed by atoms with Gasteiger partial charge in [-0.2, -0.15) is 13.2 Å². The molecule has 200 valence electrons. The van der Waals surface area contributed by atoms with Crippen molar-refractivity contribution in [3.8, 4) is 0 Å². The molecule has 0 unspecified atom stereocenters. The summed E-state index contributed by atoms with van der Waals surface area (Å²) in [7, 11) is 0. The van der Waals surface area contributed by atoms with Crippen molar-refractivity contribution in [3.63, 3.8) is 0 Å². The number of hydrogen-bond donors (Lipinski definition) is 0. The molecule has 3 aromatic rings. The lowest BCUT2D eigenvalue weighted by Gasteiger charge is -2.37. The van der Waals surface area contributed by atoms with Crippen LogP contribution in [0.1, 0.15) is 44.4 Å². The molecule has 2 aromatic carbocycles. The molecule has 0 radical (unpaired) electrons. The minimum atomic E-state index is -4.46. The van der Waals surface area contributed by atoms with E-state index in [0.29, 0.717) is 39.1 Å². The third-order valence-electron chi connectivity index (χ3n) is 7.16. The van der Waals surface area contributed by atoms with E-state index >= 15 is 0 Å². The van der Waals surface area contributed by atoms with Crippen LogP contribution in [0.3, 0.4) is 0 Å². The number of carbonyl (C=O) groups is 2. The zero-order chi connectivity index (χ0) is 26.9. The fourth-order valence-corrected chi connectivity index (χ4v) is 6.14. The highest BCUT2D eigenvalue weighted by Crippen LogP contribution is 2.38. The van der Waals surface area contributed by atoms with Crippen LogP contribution in [0.15, 0.2) is 60.0 Å². The number of amides is 2. The van der Waals surface area contributed by atoms with Crippen molar-refractivity contribution in [2.45, 2.75) is 25.1 Å². The van der Waals surface area contributed by atoms with Crippen LogP contribution in [0.25, 0.3) is 0 Å². The molecular formula is C28H27F4N3O2S. The van der Waals surface area contributed by atoms with E-state index in [4.69, 9.17) is 0 Å². The van der Waals surface area contributed by atoms with Gasteiger partial charge in [-0.1, -0.05) is 12.1 Å². The summed E-state index contributed by atoms with van der Waals surface area (Å²) in [6.45, 7) is 2.38. The lowest BCUT2D eigenvalue weighted by molar-refractivity contribution is -0.137. The molecule has 1 aromatic heterocycles. The van der Waals surface area contributed by atoms with E-state index in [1.807, 2.05) is 17.5 Å². The summed E-state index contributed by atoms with van der Waals surface area (Å²) in [6, 6.07) is 12.5. The van der Waals surface area contributed by atoms with Crippen molar-refractivity contribution in [3.05, 3.63) is 92.9 Å². The zero-order valence-electron chi connectivity index (χ0n) is 20.6. The minimum Gasteiger partial charge on any atom is -0.340 e. The molecule has 0 bridgehead atoms. The largest absolute Gasteiger partial charge is 0.416 e. The molecule has 0 N–H and O–H groups in total. The second-order valence-corrected chi connectivity index (χ2v) is 10.6. The molecule has 2 aliphatic heterocycles. The van der Waals surface area contributed by atoms with Gasteiger partial charge in [0.05, 0.1) is 18.2 Å². The molecule has 3 heterocycles. The summed E-state index contributed by atoms with van der Waals surface area (Å²) in [5.41, 5.74) is 1.30. The Kier molecular flexibility index (Phi) is 7.54. The summed E-state index contributed by atoms with van der Waals surface area (Å²) < 4.78 is 52.6. The SMILES string of the molecule is O=C(CN1CCc2sccc2[C@H]1c1cccc(F)c1)N1CCCN(C(=O)c2ccc(C(F)(F)F)cc2)CC1. The van der Waals surface area contributed by atoms with Crippen LogP contribution in [0.5, 0.6) is 0 Å². The smallest absolute Gasteiger partial charge is 0.340 e. The lowest BCUT2D eigenvalue weighted by atomic mass is 9.93. The van der Waals surface area contributed by atoms with Gasteiger partial charge in [-0.3, -0.25) is 14.5 Å². The number of nitrogens with zero attached hydrogens (tertiary/aromatic N) is 3. The van der Waals surface area contributed by atoms with Gasteiger partial charge in [-0.25, -0.2) is 4.39 Å². The first-order chi connectivity index (χ1) is 18.2. The summed E-state index contributed by atoms with van der Waals surface area (Å²) in [5.74, 6) is -0.726. The number of hydrogen-bond acceptors (Lipinski definition) is 4. The standard InChI is InChI=1S/C28H27F4N3O2S/c29-22-4-1-3-20(17-22)26-23-10-16-38-24(23)9-13-35(26)18-25(36)33-11-2-12-34(15-14-33)27(37)19-5-7-21(8-6-19)28(30,31)32/h1,3-8,10,16-17,26H,2,9,11-15,18H2/t26-/m1/s1. The number of rotatable bonds is 4. The molecule has 2 amide bonds. The number of thiophene rings is 1. The van der Waals surface area contributed by atoms with Crippen LogP contribution in [0.2, 0.25) is 0 Å².